The second-order valence-corrected chi connectivity index (χ2v) is 9.22. The number of para-hydroxylation sites is 1. The third-order valence-corrected chi connectivity index (χ3v) is 6.83. The largest absolute Gasteiger partial charge is 0.326 e. The Kier molecular flexibility index (Phi) is 6.23. The molecule has 1 heterocycles. The number of nitrogens with one attached hydrogen (secondary N) is 1. The molecule has 1 aliphatic heterocycles. The summed E-state index contributed by atoms with van der Waals surface area (Å²) in [4.78, 5) is 32.6. The summed E-state index contributed by atoms with van der Waals surface area (Å²) in [6.45, 7) is 3.97. The maximum absolute atomic E-state index is 13.2. The highest BCUT2D eigenvalue weighted by Gasteiger charge is 2.43. The van der Waals surface area contributed by atoms with Gasteiger partial charge in [-0.1, -0.05) is 54.9 Å². The summed E-state index contributed by atoms with van der Waals surface area (Å²) in [5.74, 6) is -0.125. The number of aliphatic imine (C=N–C) groups is 1. The van der Waals surface area contributed by atoms with Gasteiger partial charge in [0, 0.05) is 18.2 Å². The van der Waals surface area contributed by atoms with Crippen LogP contribution in [0, 0.1) is 13.8 Å². The number of amides is 2. The van der Waals surface area contributed by atoms with Gasteiger partial charge in [-0.2, -0.15) is 0 Å². The Balaban J connectivity index is 1.52. The van der Waals surface area contributed by atoms with E-state index in [1.165, 1.54) is 11.8 Å². The number of carbonyl (C=O) groups is 2. The molecular weight excluding hydrogens is 394 g/mol. The summed E-state index contributed by atoms with van der Waals surface area (Å²) in [6, 6.07) is 15.9. The molecule has 0 spiro atoms. The number of benzene rings is 2. The fourth-order valence-electron chi connectivity index (χ4n) is 4.04. The second-order valence-electron chi connectivity index (χ2n) is 8.05. The van der Waals surface area contributed by atoms with Gasteiger partial charge in [0.05, 0.1) is 5.69 Å². The van der Waals surface area contributed by atoms with Crippen molar-refractivity contribution in [3.63, 3.8) is 0 Å². The van der Waals surface area contributed by atoms with E-state index >= 15 is 0 Å². The normalized spacial score (nSPS) is 20.9. The van der Waals surface area contributed by atoms with E-state index in [4.69, 9.17) is 4.99 Å². The standard InChI is InChI=1S/C24H27N3O2S/c1-16-12-13-17(2)20(14-16)26-22(28)15-21-23(29)27(19-10-6-7-11-19)24(30-21)25-18-8-4-3-5-9-18/h3-5,8-9,12-14,19,21H,6-7,10-11,15H2,1-2H3,(H,26,28). The highest BCUT2D eigenvalue weighted by molar-refractivity contribution is 8.15. The van der Waals surface area contributed by atoms with Crippen LogP contribution < -0.4 is 5.32 Å². The van der Waals surface area contributed by atoms with Crippen LogP contribution in [0.15, 0.2) is 53.5 Å². The number of carbonyl (C=O) groups excluding carboxylic acids is 2. The fraction of sp³-hybridized carbons (Fsp3) is 0.375. The van der Waals surface area contributed by atoms with E-state index in [1.807, 2.05) is 67.3 Å². The van der Waals surface area contributed by atoms with E-state index < -0.39 is 5.25 Å². The Morgan fingerprint density at radius 3 is 2.60 bits per heavy atom. The molecule has 2 aromatic carbocycles. The van der Waals surface area contributed by atoms with Gasteiger partial charge in [-0.25, -0.2) is 4.99 Å². The first-order chi connectivity index (χ1) is 14.5. The average Bonchev–Trinajstić information content (AvgIpc) is 3.34. The number of thioether (sulfide) groups is 1. The maximum Gasteiger partial charge on any atom is 0.242 e. The lowest BCUT2D eigenvalue weighted by Crippen LogP contribution is -2.40. The molecule has 6 heteroatoms. The van der Waals surface area contributed by atoms with E-state index in [-0.39, 0.29) is 24.3 Å². The minimum absolute atomic E-state index is 0.0118. The first-order valence-corrected chi connectivity index (χ1v) is 11.4. The minimum Gasteiger partial charge on any atom is -0.326 e. The van der Waals surface area contributed by atoms with E-state index in [9.17, 15) is 9.59 Å². The Hall–Kier alpha value is -2.60. The van der Waals surface area contributed by atoms with Crippen molar-refractivity contribution < 1.29 is 9.59 Å². The van der Waals surface area contributed by atoms with E-state index in [0.717, 1.165) is 53.4 Å². The first-order valence-electron chi connectivity index (χ1n) is 10.5. The Morgan fingerprint density at radius 2 is 1.87 bits per heavy atom. The zero-order chi connectivity index (χ0) is 21.1. The van der Waals surface area contributed by atoms with Crippen molar-refractivity contribution in [3.8, 4) is 0 Å². The molecule has 2 amide bonds. The summed E-state index contributed by atoms with van der Waals surface area (Å²) in [5.41, 5.74) is 3.74. The molecule has 4 rings (SSSR count). The summed E-state index contributed by atoms with van der Waals surface area (Å²) in [7, 11) is 0. The molecule has 2 aromatic rings. The van der Waals surface area contributed by atoms with Crippen LogP contribution in [0.3, 0.4) is 0 Å². The SMILES string of the molecule is Cc1ccc(C)c(NC(=O)CC2SC(=Nc3ccccc3)N(C3CCCC3)C2=O)c1. The highest BCUT2D eigenvalue weighted by atomic mass is 32.2. The average molecular weight is 422 g/mol. The summed E-state index contributed by atoms with van der Waals surface area (Å²) < 4.78 is 0. The van der Waals surface area contributed by atoms with Crippen molar-refractivity contribution in [1.29, 1.82) is 0 Å². The number of hydrogen-bond acceptors (Lipinski definition) is 4. The molecule has 1 aliphatic carbocycles. The quantitative estimate of drug-likeness (QED) is 0.721. The van der Waals surface area contributed by atoms with Gasteiger partial charge < -0.3 is 5.32 Å². The maximum atomic E-state index is 13.2. The molecule has 1 unspecified atom stereocenters. The molecule has 0 radical (unpaired) electrons. The predicted molar refractivity (Wildman–Crippen MR) is 123 cm³/mol. The van der Waals surface area contributed by atoms with Gasteiger partial charge in [0.1, 0.15) is 5.25 Å². The van der Waals surface area contributed by atoms with Gasteiger partial charge in [-0.05, 0) is 56.0 Å². The molecule has 2 aliphatic rings. The van der Waals surface area contributed by atoms with Crippen molar-refractivity contribution in [3.05, 3.63) is 59.7 Å². The molecule has 156 valence electrons. The van der Waals surface area contributed by atoms with Crippen molar-refractivity contribution in [2.24, 2.45) is 4.99 Å². The molecule has 1 saturated carbocycles. The van der Waals surface area contributed by atoms with Crippen LogP contribution in [-0.2, 0) is 9.59 Å². The lowest BCUT2D eigenvalue weighted by atomic mass is 10.1. The summed E-state index contributed by atoms with van der Waals surface area (Å²) in [6.07, 6.45) is 4.42. The van der Waals surface area contributed by atoms with Crippen molar-refractivity contribution >= 4 is 40.1 Å². The fourth-order valence-corrected chi connectivity index (χ4v) is 5.26. The summed E-state index contributed by atoms with van der Waals surface area (Å²) in [5, 5.41) is 3.28. The monoisotopic (exact) mass is 421 g/mol. The van der Waals surface area contributed by atoms with Crippen LogP contribution in [0.1, 0.15) is 43.2 Å². The van der Waals surface area contributed by atoms with E-state index in [2.05, 4.69) is 5.32 Å². The van der Waals surface area contributed by atoms with E-state index in [0.29, 0.717) is 0 Å². The molecule has 2 fully saturated rings. The molecule has 1 atom stereocenters. The van der Waals surface area contributed by atoms with Crippen LogP contribution >= 0.6 is 11.8 Å². The van der Waals surface area contributed by atoms with Gasteiger partial charge in [-0.3, -0.25) is 14.5 Å². The van der Waals surface area contributed by atoms with Gasteiger partial charge in [0.2, 0.25) is 11.8 Å². The molecular formula is C24H27N3O2S. The van der Waals surface area contributed by atoms with Crippen molar-refractivity contribution in [1.82, 2.24) is 4.90 Å². The first kappa shape index (κ1) is 20.7. The number of anilines is 1. The second kappa shape index (κ2) is 9.04. The van der Waals surface area contributed by atoms with Gasteiger partial charge >= 0.3 is 0 Å². The zero-order valence-corrected chi connectivity index (χ0v) is 18.2. The third-order valence-electron chi connectivity index (χ3n) is 5.68. The lowest BCUT2D eigenvalue weighted by molar-refractivity contribution is -0.129. The summed E-state index contributed by atoms with van der Waals surface area (Å²) >= 11 is 1.42. The van der Waals surface area contributed by atoms with Gasteiger partial charge in [0.15, 0.2) is 5.17 Å². The molecule has 0 aromatic heterocycles. The molecule has 5 nitrogen and oxygen atoms in total. The smallest absolute Gasteiger partial charge is 0.242 e. The highest BCUT2D eigenvalue weighted by Crippen LogP contribution is 2.37. The predicted octanol–water partition coefficient (Wildman–Crippen LogP) is 5.21. The zero-order valence-electron chi connectivity index (χ0n) is 17.4. The molecule has 1 saturated heterocycles. The number of nitrogens with zero attached hydrogens (tertiary/aromatic N) is 2. The van der Waals surface area contributed by atoms with Crippen LogP contribution in [0.4, 0.5) is 11.4 Å². The van der Waals surface area contributed by atoms with Gasteiger partial charge in [-0.15, -0.1) is 0 Å². The number of amidine groups is 1. The van der Waals surface area contributed by atoms with Crippen molar-refractivity contribution in [2.75, 3.05) is 5.32 Å². The Morgan fingerprint density at radius 1 is 1.13 bits per heavy atom. The molecule has 1 N–H and O–H groups in total. The van der Waals surface area contributed by atoms with Crippen LogP contribution in [-0.4, -0.2) is 33.2 Å². The third kappa shape index (κ3) is 4.59. The lowest BCUT2D eigenvalue weighted by Gasteiger charge is -2.23. The van der Waals surface area contributed by atoms with Crippen LogP contribution in [0.5, 0.6) is 0 Å². The topological polar surface area (TPSA) is 61.8 Å². The molecule has 0 bridgehead atoms. The molecule has 30 heavy (non-hydrogen) atoms. The van der Waals surface area contributed by atoms with Crippen molar-refractivity contribution in [2.45, 2.75) is 57.2 Å². The van der Waals surface area contributed by atoms with Crippen LogP contribution in [0.2, 0.25) is 0 Å². The van der Waals surface area contributed by atoms with Crippen LogP contribution in [0.25, 0.3) is 0 Å². The minimum atomic E-state index is -0.432. The van der Waals surface area contributed by atoms with E-state index in [1.54, 1.807) is 0 Å². The van der Waals surface area contributed by atoms with Gasteiger partial charge in [0.25, 0.3) is 0 Å². The Bertz CT molecular complexity index is 968. The number of rotatable bonds is 5. The number of hydrogen-bond donors (Lipinski definition) is 1. The Labute approximate surface area is 182 Å². The number of aryl methyl sites for hydroxylation is 2.